The molecule has 23 heavy (non-hydrogen) atoms. The van der Waals surface area contributed by atoms with Crippen LogP contribution in [0.15, 0.2) is 29.3 Å². The zero-order valence-corrected chi connectivity index (χ0v) is 16.4. The van der Waals surface area contributed by atoms with Crippen LogP contribution in [-0.2, 0) is 20.9 Å². The van der Waals surface area contributed by atoms with Crippen molar-refractivity contribution in [2.45, 2.75) is 39.4 Å². The number of nitrogens with one attached hydrogen (secondary N) is 1. The van der Waals surface area contributed by atoms with E-state index < -0.39 is 5.60 Å². The van der Waals surface area contributed by atoms with Crippen molar-refractivity contribution in [3.05, 3.63) is 29.8 Å². The van der Waals surface area contributed by atoms with Gasteiger partial charge in [0.25, 0.3) is 0 Å². The lowest BCUT2D eigenvalue weighted by Crippen LogP contribution is -2.26. The Morgan fingerprint density at radius 1 is 1.30 bits per heavy atom. The van der Waals surface area contributed by atoms with Gasteiger partial charge in [-0.3, -0.25) is 9.79 Å². The maximum atomic E-state index is 11.6. The van der Waals surface area contributed by atoms with Gasteiger partial charge in [0.2, 0.25) is 0 Å². The molecular weight excluding hydrogens is 409 g/mol. The number of carbonyl (C=O) groups excluding carboxylic acids is 1. The number of anilines is 1. The molecule has 130 valence electrons. The van der Waals surface area contributed by atoms with Crippen molar-refractivity contribution in [1.82, 2.24) is 0 Å². The standard InChI is InChI=1S/C16H25N3O3.HI/c1-16(2,3)22-14(20)9-10-18-15(17)19-13-8-6-5-7-12(13)11-21-4;/h5-8H,9-11H2,1-4H3,(H3,17,18,19);1H. The third-order valence-electron chi connectivity index (χ3n) is 2.60. The molecule has 1 aromatic rings. The number of benzene rings is 1. The molecule has 0 aliphatic carbocycles. The van der Waals surface area contributed by atoms with Gasteiger partial charge in [0, 0.05) is 18.4 Å². The smallest absolute Gasteiger partial charge is 0.308 e. The predicted molar refractivity (Wildman–Crippen MR) is 103 cm³/mol. The quantitative estimate of drug-likeness (QED) is 0.311. The van der Waals surface area contributed by atoms with E-state index in [1.54, 1.807) is 7.11 Å². The van der Waals surface area contributed by atoms with Gasteiger partial charge in [-0.15, -0.1) is 24.0 Å². The number of hydrogen-bond acceptors (Lipinski definition) is 4. The third kappa shape index (κ3) is 9.39. The van der Waals surface area contributed by atoms with E-state index in [-0.39, 0.29) is 48.9 Å². The van der Waals surface area contributed by atoms with Gasteiger partial charge >= 0.3 is 5.97 Å². The molecule has 0 aromatic heterocycles. The number of nitrogens with zero attached hydrogens (tertiary/aromatic N) is 1. The summed E-state index contributed by atoms with van der Waals surface area (Å²) in [7, 11) is 1.63. The summed E-state index contributed by atoms with van der Waals surface area (Å²) in [5.74, 6) is -0.0315. The number of guanidine groups is 1. The van der Waals surface area contributed by atoms with Crippen LogP contribution in [0.1, 0.15) is 32.8 Å². The first-order valence-electron chi connectivity index (χ1n) is 7.17. The molecule has 0 aliphatic heterocycles. The largest absolute Gasteiger partial charge is 0.460 e. The molecule has 0 bridgehead atoms. The maximum absolute atomic E-state index is 11.6. The lowest BCUT2D eigenvalue weighted by Gasteiger charge is -2.19. The first-order chi connectivity index (χ1) is 10.3. The number of halogens is 1. The van der Waals surface area contributed by atoms with E-state index in [1.165, 1.54) is 0 Å². The van der Waals surface area contributed by atoms with E-state index in [1.807, 2.05) is 45.0 Å². The lowest BCUT2D eigenvalue weighted by molar-refractivity contribution is -0.154. The van der Waals surface area contributed by atoms with Crippen molar-refractivity contribution in [2.75, 3.05) is 19.0 Å². The Bertz CT molecular complexity index is 528. The van der Waals surface area contributed by atoms with E-state index >= 15 is 0 Å². The van der Waals surface area contributed by atoms with Crippen molar-refractivity contribution in [2.24, 2.45) is 10.7 Å². The first kappa shape index (κ1) is 21.6. The average molecular weight is 435 g/mol. The second-order valence-electron chi connectivity index (χ2n) is 5.82. The van der Waals surface area contributed by atoms with Gasteiger partial charge in [-0.2, -0.15) is 0 Å². The predicted octanol–water partition coefficient (Wildman–Crippen LogP) is 2.91. The minimum absolute atomic E-state index is 0. The molecule has 0 radical (unpaired) electrons. The van der Waals surface area contributed by atoms with Crippen LogP contribution >= 0.6 is 24.0 Å². The second kappa shape index (κ2) is 10.4. The van der Waals surface area contributed by atoms with Crippen molar-refractivity contribution in [3.63, 3.8) is 0 Å². The Hall–Kier alpha value is -1.35. The number of carbonyl (C=O) groups is 1. The second-order valence-corrected chi connectivity index (χ2v) is 5.82. The van der Waals surface area contributed by atoms with Crippen molar-refractivity contribution in [1.29, 1.82) is 0 Å². The number of aliphatic imine (C=N–C) groups is 1. The molecule has 0 atom stereocenters. The van der Waals surface area contributed by atoms with Gasteiger partial charge in [-0.05, 0) is 26.8 Å². The van der Waals surface area contributed by atoms with Gasteiger partial charge in [0.1, 0.15) is 5.60 Å². The fourth-order valence-electron chi connectivity index (χ4n) is 1.76. The summed E-state index contributed by atoms with van der Waals surface area (Å²) in [4.78, 5) is 15.7. The molecule has 6 nitrogen and oxygen atoms in total. The van der Waals surface area contributed by atoms with E-state index in [2.05, 4.69) is 10.3 Å². The summed E-state index contributed by atoms with van der Waals surface area (Å²) in [6.07, 6.45) is 0.194. The molecule has 0 saturated carbocycles. The molecule has 0 unspecified atom stereocenters. The molecule has 1 rings (SSSR count). The SMILES string of the molecule is COCc1ccccc1NC(N)=NCCC(=O)OC(C)(C)C.I. The van der Waals surface area contributed by atoms with E-state index in [0.717, 1.165) is 11.3 Å². The Balaban J connectivity index is 0.00000484. The van der Waals surface area contributed by atoms with Gasteiger partial charge in [0.05, 0.1) is 19.6 Å². The number of para-hydroxylation sites is 1. The molecule has 1 aromatic carbocycles. The van der Waals surface area contributed by atoms with Gasteiger partial charge < -0.3 is 20.5 Å². The van der Waals surface area contributed by atoms with Crippen LogP contribution in [-0.4, -0.2) is 31.2 Å². The Labute approximate surface area is 154 Å². The topological polar surface area (TPSA) is 85.9 Å². The number of methoxy groups -OCH3 is 1. The fraction of sp³-hybridized carbons (Fsp3) is 0.500. The molecule has 3 N–H and O–H groups in total. The van der Waals surface area contributed by atoms with Gasteiger partial charge in [-0.25, -0.2) is 0 Å². The minimum Gasteiger partial charge on any atom is -0.460 e. The van der Waals surface area contributed by atoms with Crippen LogP contribution < -0.4 is 11.1 Å². The van der Waals surface area contributed by atoms with E-state index in [4.69, 9.17) is 15.2 Å². The highest BCUT2D eigenvalue weighted by Gasteiger charge is 2.15. The molecule has 0 spiro atoms. The Morgan fingerprint density at radius 2 is 1.96 bits per heavy atom. The molecule has 0 fully saturated rings. The van der Waals surface area contributed by atoms with Crippen LogP contribution in [0, 0.1) is 0 Å². The highest BCUT2D eigenvalue weighted by molar-refractivity contribution is 14.0. The number of hydrogen-bond donors (Lipinski definition) is 2. The average Bonchev–Trinajstić information content (AvgIpc) is 2.39. The van der Waals surface area contributed by atoms with Crippen molar-refractivity contribution in [3.8, 4) is 0 Å². The fourth-order valence-corrected chi connectivity index (χ4v) is 1.76. The van der Waals surface area contributed by atoms with E-state index in [9.17, 15) is 4.79 Å². The highest BCUT2D eigenvalue weighted by Crippen LogP contribution is 2.15. The summed E-state index contributed by atoms with van der Waals surface area (Å²) in [5, 5.41) is 3.01. The van der Waals surface area contributed by atoms with Crippen molar-refractivity contribution >= 4 is 41.6 Å². The summed E-state index contributed by atoms with van der Waals surface area (Å²) in [6, 6.07) is 7.66. The van der Waals surface area contributed by atoms with Crippen LogP contribution in [0.25, 0.3) is 0 Å². The zero-order chi connectivity index (χ0) is 16.6. The molecule has 0 saturated heterocycles. The summed E-state index contributed by atoms with van der Waals surface area (Å²) in [5.41, 5.74) is 7.17. The first-order valence-corrected chi connectivity index (χ1v) is 7.17. The van der Waals surface area contributed by atoms with Crippen LogP contribution in [0.5, 0.6) is 0 Å². The third-order valence-corrected chi connectivity index (χ3v) is 2.60. The Morgan fingerprint density at radius 3 is 2.57 bits per heavy atom. The molecule has 0 aliphatic rings. The molecular formula is C16H26IN3O3. The number of nitrogens with two attached hydrogens (primary N) is 1. The number of ether oxygens (including phenoxy) is 2. The van der Waals surface area contributed by atoms with Crippen molar-refractivity contribution < 1.29 is 14.3 Å². The van der Waals surface area contributed by atoms with E-state index in [0.29, 0.717) is 6.61 Å². The number of rotatable bonds is 6. The summed E-state index contributed by atoms with van der Waals surface area (Å²) >= 11 is 0. The normalized spacial score (nSPS) is 11.6. The Kier molecular flexibility index (Phi) is 9.82. The summed E-state index contributed by atoms with van der Waals surface area (Å²) in [6.45, 7) is 6.25. The molecule has 0 heterocycles. The molecule has 7 heteroatoms. The van der Waals surface area contributed by atoms with Crippen LogP contribution in [0.4, 0.5) is 5.69 Å². The maximum Gasteiger partial charge on any atom is 0.308 e. The lowest BCUT2D eigenvalue weighted by atomic mass is 10.2. The van der Waals surface area contributed by atoms with Gasteiger partial charge in [0.15, 0.2) is 5.96 Å². The number of esters is 1. The molecule has 0 amide bonds. The van der Waals surface area contributed by atoms with Crippen LogP contribution in [0.2, 0.25) is 0 Å². The summed E-state index contributed by atoms with van der Waals surface area (Å²) < 4.78 is 10.3. The van der Waals surface area contributed by atoms with Crippen LogP contribution in [0.3, 0.4) is 0 Å². The zero-order valence-electron chi connectivity index (χ0n) is 14.1. The minimum atomic E-state index is -0.482. The highest BCUT2D eigenvalue weighted by atomic mass is 127. The monoisotopic (exact) mass is 435 g/mol. The van der Waals surface area contributed by atoms with Gasteiger partial charge in [-0.1, -0.05) is 18.2 Å².